The lowest BCUT2D eigenvalue weighted by Gasteiger charge is -2.19. The molecular formula is C13H18N2O3. The van der Waals surface area contributed by atoms with Crippen LogP contribution in [-0.2, 0) is 9.53 Å². The fourth-order valence-electron chi connectivity index (χ4n) is 1.45. The van der Waals surface area contributed by atoms with Crippen molar-refractivity contribution in [3.63, 3.8) is 0 Å². The van der Waals surface area contributed by atoms with E-state index in [-0.39, 0.29) is 11.8 Å². The fraction of sp³-hybridized carbons (Fsp3) is 0.462. The van der Waals surface area contributed by atoms with Gasteiger partial charge in [-0.15, -0.1) is 0 Å². The number of rotatable bonds is 4. The molecule has 1 heterocycles. The number of nitrogens with zero attached hydrogens (tertiary/aromatic N) is 1. The van der Waals surface area contributed by atoms with Gasteiger partial charge in [0.25, 0.3) is 5.91 Å². The normalized spacial score (nSPS) is 12.1. The molecule has 1 aromatic rings. The van der Waals surface area contributed by atoms with Crippen molar-refractivity contribution in [3.05, 3.63) is 29.6 Å². The van der Waals surface area contributed by atoms with Crippen LogP contribution in [0.5, 0.6) is 0 Å². The van der Waals surface area contributed by atoms with Gasteiger partial charge < -0.3 is 10.1 Å². The number of nitrogens with one attached hydrogen (secondary N) is 1. The van der Waals surface area contributed by atoms with E-state index in [0.29, 0.717) is 5.56 Å². The fourth-order valence-corrected chi connectivity index (χ4v) is 1.45. The maximum Gasteiger partial charge on any atom is 0.328 e. The zero-order chi connectivity index (χ0) is 13.7. The van der Waals surface area contributed by atoms with Gasteiger partial charge in [-0.2, -0.15) is 0 Å². The first-order chi connectivity index (χ1) is 8.45. The Morgan fingerprint density at radius 1 is 1.33 bits per heavy atom. The van der Waals surface area contributed by atoms with E-state index in [9.17, 15) is 9.59 Å². The van der Waals surface area contributed by atoms with E-state index < -0.39 is 12.0 Å². The highest BCUT2D eigenvalue weighted by atomic mass is 16.5. The molecule has 0 aliphatic carbocycles. The van der Waals surface area contributed by atoms with Crippen molar-refractivity contribution >= 4 is 11.9 Å². The molecular weight excluding hydrogens is 232 g/mol. The summed E-state index contributed by atoms with van der Waals surface area (Å²) >= 11 is 0. The van der Waals surface area contributed by atoms with Crippen LogP contribution in [0.2, 0.25) is 0 Å². The quantitative estimate of drug-likeness (QED) is 0.818. The molecule has 0 fully saturated rings. The number of methoxy groups -OCH3 is 1. The van der Waals surface area contributed by atoms with Crippen molar-refractivity contribution in [1.29, 1.82) is 0 Å². The van der Waals surface area contributed by atoms with Crippen molar-refractivity contribution < 1.29 is 14.3 Å². The van der Waals surface area contributed by atoms with E-state index in [1.165, 1.54) is 13.3 Å². The van der Waals surface area contributed by atoms with Crippen LogP contribution in [0, 0.1) is 12.8 Å². The summed E-state index contributed by atoms with van der Waals surface area (Å²) in [5.74, 6) is -0.815. The molecule has 0 aliphatic rings. The lowest BCUT2D eigenvalue weighted by molar-refractivity contribution is -0.144. The van der Waals surface area contributed by atoms with Gasteiger partial charge in [-0.05, 0) is 25.0 Å². The Morgan fingerprint density at radius 3 is 2.44 bits per heavy atom. The first-order valence-corrected chi connectivity index (χ1v) is 5.77. The monoisotopic (exact) mass is 250 g/mol. The van der Waals surface area contributed by atoms with E-state index in [2.05, 4.69) is 15.0 Å². The van der Waals surface area contributed by atoms with E-state index in [4.69, 9.17) is 0 Å². The average Bonchev–Trinajstić information content (AvgIpc) is 2.35. The minimum absolute atomic E-state index is 0.0418. The molecule has 1 rings (SSSR count). The molecule has 1 aromatic heterocycles. The van der Waals surface area contributed by atoms with Gasteiger partial charge >= 0.3 is 5.97 Å². The Hall–Kier alpha value is -1.91. The number of aryl methyl sites for hydroxylation is 1. The zero-order valence-electron chi connectivity index (χ0n) is 11.1. The largest absolute Gasteiger partial charge is 0.467 e. The maximum atomic E-state index is 11.9. The Bertz CT molecular complexity index is 426. The lowest BCUT2D eigenvalue weighted by atomic mass is 10.0. The van der Waals surface area contributed by atoms with Gasteiger partial charge in [0.05, 0.1) is 12.7 Å². The molecule has 0 saturated carbocycles. The summed E-state index contributed by atoms with van der Waals surface area (Å²) in [6.07, 6.45) is 1.49. The van der Waals surface area contributed by atoms with Crippen molar-refractivity contribution in [3.8, 4) is 0 Å². The summed E-state index contributed by atoms with van der Waals surface area (Å²) in [4.78, 5) is 27.5. The number of pyridine rings is 1. The third-order valence-corrected chi connectivity index (χ3v) is 2.58. The number of ether oxygens (including phenoxy) is 1. The maximum absolute atomic E-state index is 11.9. The van der Waals surface area contributed by atoms with Gasteiger partial charge in [-0.25, -0.2) is 4.79 Å². The van der Waals surface area contributed by atoms with Crippen LogP contribution in [0.1, 0.15) is 29.9 Å². The number of esters is 1. The first kappa shape index (κ1) is 14.2. The number of carbonyl (C=O) groups excluding carboxylic acids is 2. The lowest BCUT2D eigenvalue weighted by Crippen LogP contribution is -2.45. The number of carbonyl (C=O) groups is 2. The van der Waals surface area contributed by atoms with Crippen LogP contribution in [0.25, 0.3) is 0 Å². The van der Waals surface area contributed by atoms with Gasteiger partial charge in [0.1, 0.15) is 6.04 Å². The van der Waals surface area contributed by atoms with E-state index in [1.807, 2.05) is 20.8 Å². The highest BCUT2D eigenvalue weighted by Crippen LogP contribution is 2.06. The van der Waals surface area contributed by atoms with Crippen LogP contribution >= 0.6 is 0 Å². The summed E-state index contributed by atoms with van der Waals surface area (Å²) in [5.41, 5.74) is 1.26. The van der Waals surface area contributed by atoms with Gasteiger partial charge in [-0.3, -0.25) is 9.78 Å². The van der Waals surface area contributed by atoms with Crippen LogP contribution in [0.15, 0.2) is 18.3 Å². The van der Waals surface area contributed by atoms with Gasteiger partial charge in [0.2, 0.25) is 0 Å². The number of hydrogen-bond donors (Lipinski definition) is 1. The molecule has 0 bridgehead atoms. The zero-order valence-corrected chi connectivity index (χ0v) is 11.1. The average molecular weight is 250 g/mol. The van der Waals surface area contributed by atoms with E-state index in [1.54, 1.807) is 12.1 Å². The summed E-state index contributed by atoms with van der Waals surface area (Å²) in [7, 11) is 1.30. The Balaban J connectivity index is 2.78. The molecule has 0 radical (unpaired) electrons. The molecule has 1 atom stereocenters. The minimum Gasteiger partial charge on any atom is -0.467 e. The molecule has 98 valence electrons. The molecule has 5 heteroatoms. The standard InChI is InChI=1S/C13H18N2O3/c1-8(2)11(13(17)18-4)15-12(16)10-6-5-9(3)14-7-10/h5-8,11H,1-4H3,(H,15,16)/t11-/m1/s1. The molecule has 0 spiro atoms. The minimum atomic E-state index is -0.649. The van der Waals surface area contributed by atoms with Crippen molar-refractivity contribution in [2.24, 2.45) is 5.92 Å². The van der Waals surface area contributed by atoms with Crippen LogP contribution in [0.3, 0.4) is 0 Å². The van der Waals surface area contributed by atoms with E-state index in [0.717, 1.165) is 5.69 Å². The predicted octanol–water partition coefficient (Wildman–Crippen LogP) is 1.32. The third-order valence-electron chi connectivity index (χ3n) is 2.58. The molecule has 0 aromatic carbocycles. The molecule has 0 aliphatic heterocycles. The summed E-state index contributed by atoms with van der Waals surface area (Å²) < 4.78 is 4.66. The number of hydrogen-bond acceptors (Lipinski definition) is 4. The summed E-state index contributed by atoms with van der Waals surface area (Å²) in [6.45, 7) is 5.53. The molecule has 5 nitrogen and oxygen atoms in total. The second-order valence-corrected chi connectivity index (χ2v) is 4.41. The van der Waals surface area contributed by atoms with Crippen molar-refractivity contribution in [2.45, 2.75) is 26.8 Å². The second kappa shape index (κ2) is 6.14. The smallest absolute Gasteiger partial charge is 0.328 e. The van der Waals surface area contributed by atoms with Crippen LogP contribution < -0.4 is 5.32 Å². The van der Waals surface area contributed by atoms with Gasteiger partial charge in [0, 0.05) is 11.9 Å². The summed E-state index contributed by atoms with van der Waals surface area (Å²) in [6, 6.07) is 2.77. The SMILES string of the molecule is COC(=O)[C@H](NC(=O)c1ccc(C)nc1)C(C)C. The molecule has 1 N–H and O–H groups in total. The topological polar surface area (TPSA) is 68.3 Å². The Labute approximate surface area is 107 Å². The Morgan fingerprint density at radius 2 is 2.00 bits per heavy atom. The third kappa shape index (κ3) is 3.55. The van der Waals surface area contributed by atoms with E-state index >= 15 is 0 Å². The van der Waals surface area contributed by atoms with Crippen molar-refractivity contribution in [2.75, 3.05) is 7.11 Å². The van der Waals surface area contributed by atoms with Crippen LogP contribution in [-0.4, -0.2) is 30.0 Å². The van der Waals surface area contributed by atoms with Gasteiger partial charge in [0.15, 0.2) is 0 Å². The van der Waals surface area contributed by atoms with Crippen molar-refractivity contribution in [1.82, 2.24) is 10.3 Å². The predicted molar refractivity (Wildman–Crippen MR) is 67.1 cm³/mol. The Kier molecular flexibility index (Phi) is 4.83. The second-order valence-electron chi connectivity index (χ2n) is 4.41. The molecule has 0 unspecified atom stereocenters. The highest BCUT2D eigenvalue weighted by Gasteiger charge is 2.25. The highest BCUT2D eigenvalue weighted by molar-refractivity contribution is 5.96. The summed E-state index contributed by atoms with van der Waals surface area (Å²) in [5, 5.41) is 2.65. The molecule has 0 saturated heterocycles. The van der Waals surface area contributed by atoms with Gasteiger partial charge in [-0.1, -0.05) is 13.8 Å². The molecule has 18 heavy (non-hydrogen) atoms. The number of aromatic nitrogens is 1. The number of amides is 1. The van der Waals surface area contributed by atoms with Crippen LogP contribution in [0.4, 0.5) is 0 Å². The molecule has 1 amide bonds. The first-order valence-electron chi connectivity index (χ1n) is 5.77.